The molecule has 200 valence electrons. The fourth-order valence-electron chi connectivity index (χ4n) is 6.01. The smallest absolute Gasteiger partial charge is 0.161 e. The number of methoxy groups -OCH3 is 2. The second kappa shape index (κ2) is 11.9. The Morgan fingerprint density at radius 2 is 1.68 bits per heavy atom. The molecular weight excluding hydrogens is 478 g/mol. The standard InChI is InChI=1S/C31H37N3O4/c1-37-29-17-25-12-15-34(31(24-6-4-3-5-7-24)27(25)18-30(29)38-2)21-22-10-13-33(14-11-22)20-23-8-9-28(35)26(16-23)19-32-36/h3-9,16-19,22,31,35-36H,10-15,20-21H2,1-2H3/b32-19+. The van der Waals surface area contributed by atoms with Crippen molar-refractivity contribution in [1.29, 1.82) is 0 Å². The van der Waals surface area contributed by atoms with Crippen molar-refractivity contribution in [2.45, 2.75) is 31.8 Å². The number of ether oxygens (including phenoxy) is 2. The quantitative estimate of drug-likeness (QED) is 0.248. The fourth-order valence-corrected chi connectivity index (χ4v) is 6.01. The number of hydrogen-bond donors (Lipinski definition) is 2. The summed E-state index contributed by atoms with van der Waals surface area (Å²) in [5.74, 6) is 2.33. The Hall–Kier alpha value is -3.55. The molecule has 2 heterocycles. The summed E-state index contributed by atoms with van der Waals surface area (Å²) in [6, 6.07) is 20.8. The third-order valence-electron chi connectivity index (χ3n) is 7.98. The molecule has 5 rings (SSSR count). The topological polar surface area (TPSA) is 77.8 Å². The zero-order valence-corrected chi connectivity index (χ0v) is 22.2. The second-order valence-corrected chi connectivity index (χ2v) is 10.3. The monoisotopic (exact) mass is 515 g/mol. The van der Waals surface area contributed by atoms with Gasteiger partial charge in [0.25, 0.3) is 0 Å². The average Bonchev–Trinajstić information content (AvgIpc) is 2.95. The first kappa shape index (κ1) is 26.1. The predicted octanol–water partition coefficient (Wildman–Crippen LogP) is 5.08. The molecule has 2 N–H and O–H groups in total. The molecule has 2 aliphatic heterocycles. The van der Waals surface area contributed by atoms with Gasteiger partial charge in [0.2, 0.25) is 0 Å². The normalized spacial score (nSPS) is 18.9. The zero-order valence-electron chi connectivity index (χ0n) is 22.2. The molecule has 2 aliphatic rings. The summed E-state index contributed by atoms with van der Waals surface area (Å²) in [6.07, 6.45) is 4.58. The van der Waals surface area contributed by atoms with E-state index >= 15 is 0 Å². The summed E-state index contributed by atoms with van der Waals surface area (Å²) in [7, 11) is 3.40. The number of nitrogens with zero attached hydrogens (tertiary/aromatic N) is 3. The van der Waals surface area contributed by atoms with Crippen LogP contribution in [0.25, 0.3) is 0 Å². The van der Waals surface area contributed by atoms with Crippen molar-refractivity contribution in [3.05, 3.63) is 88.5 Å². The number of oxime groups is 1. The van der Waals surface area contributed by atoms with Crippen molar-refractivity contribution in [2.75, 3.05) is 40.4 Å². The highest BCUT2D eigenvalue weighted by Crippen LogP contribution is 2.41. The van der Waals surface area contributed by atoms with Crippen LogP contribution in [0.2, 0.25) is 0 Å². The van der Waals surface area contributed by atoms with Crippen molar-refractivity contribution in [3.8, 4) is 17.2 Å². The number of likely N-dealkylation sites (tertiary alicyclic amines) is 1. The molecule has 1 saturated heterocycles. The van der Waals surface area contributed by atoms with E-state index in [1.807, 2.05) is 12.1 Å². The molecule has 7 heteroatoms. The maximum atomic E-state index is 9.95. The number of fused-ring (bicyclic) bond motifs is 1. The van der Waals surface area contributed by atoms with E-state index < -0.39 is 0 Å². The Morgan fingerprint density at radius 3 is 2.39 bits per heavy atom. The number of phenolic OH excluding ortho intramolecular Hbond substituents is 1. The van der Waals surface area contributed by atoms with Crippen LogP contribution in [0.15, 0.2) is 65.8 Å². The molecule has 0 aromatic heterocycles. The molecule has 0 aliphatic carbocycles. The van der Waals surface area contributed by atoms with Gasteiger partial charge in [0.05, 0.1) is 26.5 Å². The number of rotatable bonds is 8. The Kier molecular flexibility index (Phi) is 8.15. The Labute approximate surface area is 224 Å². The number of benzene rings is 3. The maximum Gasteiger partial charge on any atom is 0.161 e. The van der Waals surface area contributed by atoms with Gasteiger partial charge in [-0.25, -0.2) is 0 Å². The zero-order chi connectivity index (χ0) is 26.5. The van der Waals surface area contributed by atoms with Crippen molar-refractivity contribution in [2.24, 2.45) is 11.1 Å². The summed E-state index contributed by atoms with van der Waals surface area (Å²) < 4.78 is 11.3. The Bertz CT molecular complexity index is 1260. The summed E-state index contributed by atoms with van der Waals surface area (Å²) in [4.78, 5) is 5.13. The molecule has 1 atom stereocenters. The van der Waals surface area contributed by atoms with Crippen LogP contribution in [-0.4, -0.2) is 66.7 Å². The van der Waals surface area contributed by atoms with Gasteiger partial charge in [0, 0.05) is 25.2 Å². The van der Waals surface area contributed by atoms with Crippen LogP contribution < -0.4 is 9.47 Å². The van der Waals surface area contributed by atoms with Gasteiger partial charge < -0.3 is 19.8 Å². The minimum Gasteiger partial charge on any atom is -0.507 e. The third kappa shape index (κ3) is 5.64. The van der Waals surface area contributed by atoms with Crippen LogP contribution >= 0.6 is 0 Å². The lowest BCUT2D eigenvalue weighted by Crippen LogP contribution is -2.42. The van der Waals surface area contributed by atoms with Crippen molar-refractivity contribution < 1.29 is 19.8 Å². The lowest BCUT2D eigenvalue weighted by Gasteiger charge is -2.41. The van der Waals surface area contributed by atoms with Crippen LogP contribution in [0.5, 0.6) is 17.2 Å². The van der Waals surface area contributed by atoms with E-state index in [9.17, 15) is 5.11 Å². The summed E-state index contributed by atoms with van der Waals surface area (Å²) in [5, 5.41) is 21.9. The van der Waals surface area contributed by atoms with E-state index in [0.717, 1.165) is 69.0 Å². The molecule has 3 aromatic carbocycles. The lowest BCUT2D eigenvalue weighted by atomic mass is 9.86. The first-order valence-electron chi connectivity index (χ1n) is 13.3. The maximum absolute atomic E-state index is 9.95. The van der Waals surface area contributed by atoms with Crippen LogP contribution in [0, 0.1) is 5.92 Å². The molecule has 38 heavy (non-hydrogen) atoms. The van der Waals surface area contributed by atoms with Gasteiger partial charge in [0.15, 0.2) is 11.5 Å². The number of piperidine rings is 1. The van der Waals surface area contributed by atoms with Crippen molar-refractivity contribution in [3.63, 3.8) is 0 Å². The molecule has 1 unspecified atom stereocenters. The molecule has 1 fully saturated rings. The van der Waals surface area contributed by atoms with Gasteiger partial charge in [-0.3, -0.25) is 9.80 Å². The number of hydrogen-bond acceptors (Lipinski definition) is 7. The molecule has 0 saturated carbocycles. The molecule has 0 radical (unpaired) electrons. The number of phenols is 1. The Balaban J connectivity index is 1.28. The van der Waals surface area contributed by atoms with Gasteiger partial charge >= 0.3 is 0 Å². The van der Waals surface area contributed by atoms with Crippen molar-refractivity contribution >= 4 is 6.21 Å². The second-order valence-electron chi connectivity index (χ2n) is 10.3. The lowest BCUT2D eigenvalue weighted by molar-refractivity contribution is 0.119. The van der Waals surface area contributed by atoms with Crippen LogP contribution in [0.4, 0.5) is 0 Å². The summed E-state index contributed by atoms with van der Waals surface area (Å²) in [6.45, 7) is 4.99. The third-order valence-corrected chi connectivity index (χ3v) is 7.98. The van der Waals surface area contributed by atoms with E-state index in [1.165, 1.54) is 22.9 Å². The summed E-state index contributed by atoms with van der Waals surface area (Å²) >= 11 is 0. The molecule has 0 amide bonds. The minimum absolute atomic E-state index is 0.123. The fraction of sp³-hybridized carbons (Fsp3) is 0.387. The SMILES string of the molecule is COc1cc2c(cc1OC)C(c1ccccc1)N(CC1CCN(Cc3ccc(O)c(/C=N/O)c3)CC1)CC2. The minimum atomic E-state index is 0.123. The average molecular weight is 516 g/mol. The van der Waals surface area contributed by atoms with Gasteiger partial charge in [-0.05, 0) is 84.8 Å². The van der Waals surface area contributed by atoms with Crippen LogP contribution in [0.1, 0.15) is 46.7 Å². The van der Waals surface area contributed by atoms with Gasteiger partial charge in [-0.2, -0.15) is 0 Å². The van der Waals surface area contributed by atoms with Gasteiger partial charge in [0.1, 0.15) is 5.75 Å². The van der Waals surface area contributed by atoms with Crippen molar-refractivity contribution in [1.82, 2.24) is 9.80 Å². The van der Waals surface area contributed by atoms with E-state index in [0.29, 0.717) is 11.5 Å². The van der Waals surface area contributed by atoms with Crippen LogP contribution in [0.3, 0.4) is 0 Å². The highest BCUT2D eigenvalue weighted by molar-refractivity contribution is 5.83. The van der Waals surface area contributed by atoms with E-state index in [2.05, 4.69) is 57.4 Å². The number of aromatic hydroxyl groups is 1. The first-order valence-corrected chi connectivity index (χ1v) is 13.3. The molecular formula is C31H37N3O4. The largest absolute Gasteiger partial charge is 0.507 e. The highest BCUT2D eigenvalue weighted by atomic mass is 16.5. The predicted molar refractivity (Wildman–Crippen MR) is 149 cm³/mol. The Morgan fingerprint density at radius 1 is 0.947 bits per heavy atom. The molecule has 0 spiro atoms. The van der Waals surface area contributed by atoms with E-state index in [-0.39, 0.29) is 11.8 Å². The molecule has 3 aromatic rings. The van der Waals surface area contributed by atoms with Gasteiger partial charge in [-0.15, -0.1) is 0 Å². The van der Waals surface area contributed by atoms with E-state index in [4.69, 9.17) is 14.7 Å². The van der Waals surface area contributed by atoms with Gasteiger partial charge in [-0.1, -0.05) is 41.6 Å². The summed E-state index contributed by atoms with van der Waals surface area (Å²) in [5.41, 5.74) is 5.60. The first-order chi connectivity index (χ1) is 18.6. The van der Waals surface area contributed by atoms with Crippen LogP contribution in [-0.2, 0) is 13.0 Å². The molecule has 7 nitrogen and oxygen atoms in total. The highest BCUT2D eigenvalue weighted by Gasteiger charge is 2.32. The van der Waals surface area contributed by atoms with E-state index in [1.54, 1.807) is 20.3 Å². The molecule has 0 bridgehead atoms.